The van der Waals surface area contributed by atoms with E-state index < -0.39 is 0 Å². The van der Waals surface area contributed by atoms with Crippen molar-refractivity contribution in [1.82, 2.24) is 24.1 Å². The van der Waals surface area contributed by atoms with Gasteiger partial charge < -0.3 is 13.6 Å². The van der Waals surface area contributed by atoms with Gasteiger partial charge in [-0.1, -0.05) is 146 Å². The van der Waals surface area contributed by atoms with Crippen molar-refractivity contribution in [2.45, 2.75) is 0 Å². The number of fused-ring (bicyclic) bond motifs is 12. The average molecular weight is 937 g/mol. The molecule has 7 nitrogen and oxygen atoms in total. The normalized spacial score (nSPS) is 11.9. The molecular formula is C64H36N6OS. The van der Waals surface area contributed by atoms with Gasteiger partial charge in [-0.05, 0) is 83.9 Å². The summed E-state index contributed by atoms with van der Waals surface area (Å²) in [4.78, 5) is 15.3. The van der Waals surface area contributed by atoms with Crippen LogP contribution in [0.25, 0.3) is 142 Å². The largest absolute Gasteiger partial charge is 0.454 e. The SMILES string of the molecule is N#Cc1cc(-n2c3ccc(-c4ccc5sc6ccccc6c5c4)cc3c3cc4c(cc32)c2ccccc2n4-c2ccccc2)c2oc3ccccc3c2c1-c1nc(-c2ccccc2)nc(-c2ccccc2)n1. The first-order chi connectivity index (χ1) is 35.6. The quantitative estimate of drug-likeness (QED) is 0.166. The maximum Gasteiger partial charge on any atom is 0.166 e. The number of furan rings is 1. The summed E-state index contributed by atoms with van der Waals surface area (Å²) in [5.74, 6) is 1.41. The van der Waals surface area contributed by atoms with Gasteiger partial charge in [0.25, 0.3) is 0 Å². The van der Waals surface area contributed by atoms with Crippen molar-refractivity contribution in [3.05, 3.63) is 224 Å². The second-order valence-corrected chi connectivity index (χ2v) is 19.3. The van der Waals surface area contributed by atoms with E-state index >= 15 is 0 Å². The molecule has 10 aromatic carbocycles. The van der Waals surface area contributed by atoms with Gasteiger partial charge in [0.05, 0.1) is 39.4 Å². The van der Waals surface area contributed by atoms with E-state index in [1.54, 1.807) is 0 Å². The maximum absolute atomic E-state index is 11.5. The molecule has 0 fully saturated rings. The first kappa shape index (κ1) is 40.2. The van der Waals surface area contributed by atoms with Crippen molar-refractivity contribution in [2.75, 3.05) is 0 Å². The number of aromatic nitrogens is 5. The predicted molar refractivity (Wildman–Crippen MR) is 295 cm³/mol. The summed E-state index contributed by atoms with van der Waals surface area (Å²) >= 11 is 1.83. The molecule has 0 aliphatic carbocycles. The topological polar surface area (TPSA) is 85.5 Å². The Morgan fingerprint density at radius 2 is 0.944 bits per heavy atom. The van der Waals surface area contributed by atoms with Crippen molar-refractivity contribution in [2.24, 2.45) is 0 Å². The second kappa shape index (κ2) is 15.7. The number of hydrogen-bond donors (Lipinski definition) is 0. The first-order valence-electron chi connectivity index (χ1n) is 23.9. The molecule has 0 unspecified atom stereocenters. The zero-order valence-corrected chi connectivity index (χ0v) is 39.1. The lowest BCUT2D eigenvalue weighted by Crippen LogP contribution is -2.03. The zero-order valence-electron chi connectivity index (χ0n) is 38.3. The number of nitriles is 1. The zero-order chi connectivity index (χ0) is 47.4. The lowest BCUT2D eigenvalue weighted by atomic mass is 9.98. The molecule has 0 N–H and O–H groups in total. The van der Waals surface area contributed by atoms with Gasteiger partial charge in [-0.15, -0.1) is 11.3 Å². The summed E-state index contributed by atoms with van der Waals surface area (Å²) in [5, 5.41) is 20.0. The highest BCUT2D eigenvalue weighted by Crippen LogP contribution is 2.47. The Balaban J connectivity index is 1.05. The molecule has 0 atom stereocenters. The molecule has 5 heterocycles. The fourth-order valence-corrected chi connectivity index (χ4v) is 12.1. The lowest BCUT2D eigenvalue weighted by molar-refractivity contribution is 0.666. The van der Waals surface area contributed by atoms with E-state index in [-0.39, 0.29) is 0 Å². The Labute approximate surface area is 415 Å². The van der Waals surface area contributed by atoms with Gasteiger partial charge in [0.1, 0.15) is 5.58 Å². The fraction of sp³-hybridized carbons (Fsp3) is 0. The fourth-order valence-electron chi connectivity index (χ4n) is 11.0. The molecule has 0 bridgehead atoms. The van der Waals surface area contributed by atoms with Crippen LogP contribution < -0.4 is 0 Å². The molecule has 0 saturated carbocycles. The summed E-state index contributed by atoms with van der Waals surface area (Å²) in [6, 6.07) is 78.6. The highest BCUT2D eigenvalue weighted by Gasteiger charge is 2.27. The Morgan fingerprint density at radius 3 is 1.68 bits per heavy atom. The number of rotatable bonds is 6. The number of benzene rings is 10. The number of hydrogen-bond acceptors (Lipinski definition) is 6. The van der Waals surface area contributed by atoms with Gasteiger partial charge in [-0.3, -0.25) is 0 Å². The number of thiophene rings is 1. The molecule has 0 amide bonds. The van der Waals surface area contributed by atoms with Crippen molar-refractivity contribution in [3.8, 4) is 62.7 Å². The lowest BCUT2D eigenvalue weighted by Gasteiger charge is -2.14. The summed E-state index contributed by atoms with van der Waals surface area (Å²) < 4.78 is 14.3. The van der Waals surface area contributed by atoms with Gasteiger partial charge in [-0.2, -0.15) is 5.26 Å². The minimum absolute atomic E-state index is 0.389. The highest BCUT2D eigenvalue weighted by molar-refractivity contribution is 7.25. The van der Waals surface area contributed by atoms with E-state index in [1.807, 2.05) is 96.3 Å². The number of nitrogens with zero attached hydrogens (tertiary/aromatic N) is 6. The smallest absolute Gasteiger partial charge is 0.166 e. The first-order valence-corrected chi connectivity index (χ1v) is 24.7. The molecule has 0 radical (unpaired) electrons. The van der Waals surface area contributed by atoms with Crippen LogP contribution in [0.3, 0.4) is 0 Å². The Hall–Kier alpha value is -9.68. The maximum atomic E-state index is 11.5. The van der Waals surface area contributed by atoms with Crippen molar-refractivity contribution in [1.29, 1.82) is 5.26 Å². The van der Waals surface area contributed by atoms with Crippen LogP contribution in [0.5, 0.6) is 0 Å². The monoisotopic (exact) mass is 936 g/mol. The third-order valence-electron chi connectivity index (χ3n) is 14.2. The van der Waals surface area contributed by atoms with Crippen LogP contribution in [0.2, 0.25) is 0 Å². The van der Waals surface area contributed by atoms with Crippen LogP contribution in [0.15, 0.2) is 223 Å². The molecule has 0 spiro atoms. The minimum atomic E-state index is 0.389. The molecule has 0 aliphatic heterocycles. The third kappa shape index (κ3) is 6.05. The Bertz CT molecular complexity index is 4690. The average Bonchev–Trinajstić information content (AvgIpc) is 4.20. The molecule has 0 saturated heterocycles. The standard InChI is InChI=1S/C64H36N6OS/c65-37-42-34-55(61-60(46-24-11-14-26-56(46)71-61)59(42)64-67-62(38-16-4-1-5-17-38)66-63(68-64)39-18-6-2-7-19-39)70-52-30-28-40(41-29-31-58-50(33-41)45-23-12-15-27-57(45)72-58)32-47(52)49-36-53-48(35-54(49)70)44-22-10-13-25-51(44)69(53)43-20-8-3-9-21-43/h1-36H. The van der Waals surface area contributed by atoms with Crippen molar-refractivity contribution >= 4 is 97.1 Å². The van der Waals surface area contributed by atoms with Crippen LogP contribution >= 0.6 is 11.3 Å². The van der Waals surface area contributed by atoms with Gasteiger partial charge in [0.15, 0.2) is 23.1 Å². The summed E-state index contributed by atoms with van der Waals surface area (Å²) in [5.41, 5.74) is 12.3. The van der Waals surface area contributed by atoms with Crippen LogP contribution in [0.4, 0.5) is 0 Å². The molecule has 15 aromatic rings. The van der Waals surface area contributed by atoms with E-state index in [1.165, 1.54) is 20.2 Å². The Morgan fingerprint density at radius 1 is 0.403 bits per heavy atom. The van der Waals surface area contributed by atoms with Gasteiger partial charge >= 0.3 is 0 Å². The van der Waals surface area contributed by atoms with E-state index in [0.29, 0.717) is 39.8 Å². The van der Waals surface area contributed by atoms with E-state index in [4.69, 9.17) is 19.4 Å². The molecular weight excluding hydrogens is 901 g/mol. The number of para-hydroxylation sites is 3. The molecule has 72 heavy (non-hydrogen) atoms. The van der Waals surface area contributed by atoms with Crippen LogP contribution in [-0.4, -0.2) is 24.1 Å². The molecule has 0 aliphatic rings. The molecule has 334 valence electrons. The van der Waals surface area contributed by atoms with Crippen molar-refractivity contribution < 1.29 is 4.42 Å². The Kier molecular flexibility index (Phi) is 8.76. The van der Waals surface area contributed by atoms with E-state index in [0.717, 1.165) is 88.0 Å². The molecule has 5 aromatic heterocycles. The summed E-state index contributed by atoms with van der Waals surface area (Å²) in [6.45, 7) is 0. The summed E-state index contributed by atoms with van der Waals surface area (Å²) in [7, 11) is 0. The minimum Gasteiger partial charge on any atom is -0.454 e. The van der Waals surface area contributed by atoms with Gasteiger partial charge in [0, 0.05) is 74.9 Å². The van der Waals surface area contributed by atoms with E-state index in [9.17, 15) is 5.26 Å². The summed E-state index contributed by atoms with van der Waals surface area (Å²) in [6.07, 6.45) is 0. The highest BCUT2D eigenvalue weighted by atomic mass is 32.1. The van der Waals surface area contributed by atoms with Gasteiger partial charge in [-0.25, -0.2) is 15.0 Å². The predicted octanol–water partition coefficient (Wildman–Crippen LogP) is 16.9. The van der Waals surface area contributed by atoms with Crippen LogP contribution in [-0.2, 0) is 0 Å². The van der Waals surface area contributed by atoms with Crippen LogP contribution in [0, 0.1) is 11.3 Å². The van der Waals surface area contributed by atoms with Crippen molar-refractivity contribution in [3.63, 3.8) is 0 Å². The second-order valence-electron chi connectivity index (χ2n) is 18.2. The molecule has 15 rings (SSSR count). The van der Waals surface area contributed by atoms with Gasteiger partial charge in [0.2, 0.25) is 0 Å². The van der Waals surface area contributed by atoms with Crippen LogP contribution in [0.1, 0.15) is 5.56 Å². The van der Waals surface area contributed by atoms with E-state index in [2.05, 4.69) is 149 Å². The molecule has 8 heteroatoms. The third-order valence-corrected chi connectivity index (χ3v) is 15.3.